The monoisotopic (exact) mass is 545 g/mol. The Bertz CT molecular complexity index is 1500. The van der Waals surface area contributed by atoms with E-state index in [1.165, 1.54) is 13.0 Å². The molecule has 2 heterocycles. The van der Waals surface area contributed by atoms with E-state index in [2.05, 4.69) is 9.82 Å². The molecule has 0 aliphatic carbocycles. The third-order valence-electron chi connectivity index (χ3n) is 6.42. The van der Waals surface area contributed by atoms with E-state index >= 15 is 0 Å². The number of hydrogen-bond donors (Lipinski definition) is 3. The van der Waals surface area contributed by atoms with Gasteiger partial charge in [0.2, 0.25) is 15.9 Å². The molecule has 1 aliphatic rings. The van der Waals surface area contributed by atoms with Gasteiger partial charge in [-0.15, -0.1) is 5.10 Å². The summed E-state index contributed by atoms with van der Waals surface area (Å²) in [7, 11) is -4.71. The number of nitrogens with zero attached hydrogens (tertiary/aromatic N) is 1. The summed E-state index contributed by atoms with van der Waals surface area (Å²) in [6, 6.07) is 2.56. The maximum atomic E-state index is 14.9. The largest absolute Gasteiger partial charge is 0.492 e. The van der Waals surface area contributed by atoms with Crippen LogP contribution in [0.1, 0.15) is 65.1 Å². The number of alkyl halides is 3. The number of aromatic nitrogens is 2. The van der Waals surface area contributed by atoms with E-state index in [9.17, 15) is 35.9 Å². The highest BCUT2D eigenvalue weighted by Crippen LogP contribution is 2.46. The summed E-state index contributed by atoms with van der Waals surface area (Å²) in [6.07, 6.45) is -6.66. The molecule has 0 saturated heterocycles. The number of aromatic amines is 1. The molecule has 1 aromatic heterocycles. The summed E-state index contributed by atoms with van der Waals surface area (Å²) in [5, 5.41) is 16.0. The van der Waals surface area contributed by atoms with E-state index in [0.29, 0.717) is 23.3 Å². The smallest absolute Gasteiger partial charge is 0.434 e. The Hall–Kier alpha value is -3.23. The van der Waals surface area contributed by atoms with Crippen LogP contribution in [-0.2, 0) is 16.2 Å². The topological polar surface area (TPSA) is 135 Å². The molecule has 0 fully saturated rings. The number of nitrogens with one attached hydrogen (secondary N) is 2. The number of benzene rings is 2. The lowest BCUT2D eigenvalue weighted by atomic mass is 9.88. The molecule has 9 nitrogen and oxygen atoms in total. The summed E-state index contributed by atoms with van der Waals surface area (Å²) < 4.78 is 95.3. The average Bonchev–Trinajstić information content (AvgIpc) is 3.25. The van der Waals surface area contributed by atoms with Gasteiger partial charge in [-0.3, -0.25) is 0 Å². The predicted molar refractivity (Wildman–Crippen MR) is 121 cm³/mol. The van der Waals surface area contributed by atoms with Crippen molar-refractivity contribution in [2.45, 2.75) is 56.3 Å². The first-order valence-electron chi connectivity index (χ1n) is 11.1. The van der Waals surface area contributed by atoms with Crippen LogP contribution in [0.25, 0.3) is 0 Å². The molecule has 0 amide bonds. The number of H-pyrrole nitrogens is 1. The van der Waals surface area contributed by atoms with Crippen molar-refractivity contribution in [2.24, 2.45) is 0 Å². The van der Waals surface area contributed by atoms with E-state index in [-0.39, 0.29) is 18.6 Å². The fraction of sp³-hybridized carbons (Fsp3) is 0.391. The van der Waals surface area contributed by atoms with Crippen molar-refractivity contribution in [2.75, 3.05) is 6.61 Å². The summed E-state index contributed by atoms with van der Waals surface area (Å²) >= 11 is 0. The zero-order valence-electron chi connectivity index (χ0n) is 19.8. The molecule has 3 aromatic rings. The molecular weight excluding hydrogens is 522 g/mol. The Morgan fingerprint density at radius 1 is 1.22 bits per heavy atom. The van der Waals surface area contributed by atoms with Gasteiger partial charge in [0.05, 0.1) is 18.3 Å². The summed E-state index contributed by atoms with van der Waals surface area (Å²) in [5.41, 5.74) is -0.563. The van der Waals surface area contributed by atoms with Gasteiger partial charge < -0.3 is 14.3 Å². The summed E-state index contributed by atoms with van der Waals surface area (Å²) in [5.74, 6) is -3.68. The van der Waals surface area contributed by atoms with Crippen molar-refractivity contribution in [1.82, 2.24) is 14.9 Å². The quantitative estimate of drug-likeness (QED) is 0.402. The minimum atomic E-state index is -4.88. The number of aliphatic hydroxyl groups excluding tert-OH is 1. The molecule has 0 spiro atoms. The SMILES string of the molecule is Cc1ccc(F)c([C@@H](C)[C@H](NS(=O)(=O)c2ccc(C(F)(F)F)c3c2OCCC3O)c2n[nH]c(=O)o2)c1C. The maximum absolute atomic E-state index is 14.9. The van der Waals surface area contributed by atoms with Gasteiger partial charge in [-0.05, 0) is 48.7 Å². The molecule has 1 unspecified atom stereocenters. The first-order chi connectivity index (χ1) is 17.2. The molecule has 14 heteroatoms. The minimum Gasteiger partial charge on any atom is -0.492 e. The maximum Gasteiger partial charge on any atom is 0.434 e. The van der Waals surface area contributed by atoms with E-state index in [1.807, 2.05) is 5.10 Å². The molecule has 4 rings (SSSR count). The molecular formula is C23H23F4N3O6S. The van der Waals surface area contributed by atoms with E-state index < -0.39 is 73.5 Å². The molecule has 1 aliphatic heterocycles. The Morgan fingerprint density at radius 3 is 2.54 bits per heavy atom. The van der Waals surface area contributed by atoms with E-state index in [1.54, 1.807) is 19.9 Å². The number of aryl methyl sites for hydroxylation is 1. The highest BCUT2D eigenvalue weighted by molar-refractivity contribution is 7.89. The lowest BCUT2D eigenvalue weighted by Gasteiger charge is -2.29. The van der Waals surface area contributed by atoms with Gasteiger partial charge in [-0.25, -0.2) is 22.7 Å². The minimum absolute atomic E-state index is 0.125. The standard InChI is InChI=1S/C23H23F4N3O6S/c1-10-4-6-14(24)17(11(10)2)12(3)19(21-28-29-22(32)36-21)30-37(33,34)16-7-5-13(23(25,26)27)18-15(31)8-9-35-20(16)18/h4-7,12,15,19,30-31H,8-9H2,1-3H3,(H,29,32)/t12-,15?,19+/m1/s1. The zero-order chi connectivity index (χ0) is 27.3. The molecule has 3 atom stereocenters. The van der Waals surface area contributed by atoms with Gasteiger partial charge in [-0.2, -0.15) is 17.9 Å². The van der Waals surface area contributed by atoms with Crippen LogP contribution in [0.3, 0.4) is 0 Å². The highest BCUT2D eigenvalue weighted by atomic mass is 32.2. The second-order valence-electron chi connectivity index (χ2n) is 8.75. The number of hydrogen-bond acceptors (Lipinski definition) is 7. The normalized spacial score (nSPS) is 17.7. The van der Waals surface area contributed by atoms with Gasteiger partial charge in [-0.1, -0.05) is 13.0 Å². The van der Waals surface area contributed by atoms with Crippen LogP contribution in [0.2, 0.25) is 0 Å². The highest BCUT2D eigenvalue weighted by Gasteiger charge is 2.42. The second-order valence-corrected chi connectivity index (χ2v) is 10.4. The van der Waals surface area contributed by atoms with E-state index in [0.717, 1.165) is 0 Å². The van der Waals surface area contributed by atoms with Crippen LogP contribution in [0, 0.1) is 19.7 Å². The molecule has 2 aromatic carbocycles. The molecule has 3 N–H and O–H groups in total. The Morgan fingerprint density at radius 2 is 1.92 bits per heavy atom. The molecule has 0 radical (unpaired) electrons. The fourth-order valence-electron chi connectivity index (χ4n) is 4.44. The van der Waals surface area contributed by atoms with Gasteiger partial charge in [0.1, 0.15) is 22.5 Å². The van der Waals surface area contributed by atoms with Crippen molar-refractivity contribution in [3.05, 3.63) is 74.3 Å². The zero-order valence-corrected chi connectivity index (χ0v) is 20.6. The van der Waals surface area contributed by atoms with Crippen molar-refractivity contribution in [3.63, 3.8) is 0 Å². The number of rotatable bonds is 6. The Balaban J connectivity index is 1.85. The molecule has 200 valence electrons. The van der Waals surface area contributed by atoms with Crippen LogP contribution >= 0.6 is 0 Å². The lowest BCUT2D eigenvalue weighted by Crippen LogP contribution is -2.34. The number of aliphatic hydroxyl groups is 1. The van der Waals surface area contributed by atoms with Gasteiger partial charge >= 0.3 is 11.9 Å². The summed E-state index contributed by atoms with van der Waals surface area (Å²) in [4.78, 5) is 11.0. The van der Waals surface area contributed by atoms with E-state index in [4.69, 9.17) is 9.15 Å². The van der Waals surface area contributed by atoms with Crippen LogP contribution in [-0.4, -0.2) is 30.3 Å². The third-order valence-corrected chi connectivity index (χ3v) is 7.88. The number of halogens is 4. The first kappa shape index (κ1) is 26.8. The number of sulfonamides is 1. The molecule has 0 bridgehead atoms. The molecule has 37 heavy (non-hydrogen) atoms. The van der Waals surface area contributed by atoms with Crippen molar-refractivity contribution in [1.29, 1.82) is 0 Å². The predicted octanol–water partition coefficient (Wildman–Crippen LogP) is 3.78. The Labute approximate surface area is 208 Å². The first-order valence-corrected chi connectivity index (χ1v) is 12.6. The van der Waals surface area contributed by atoms with Crippen molar-refractivity contribution in [3.8, 4) is 5.75 Å². The number of fused-ring (bicyclic) bond motifs is 1. The molecule has 0 saturated carbocycles. The average molecular weight is 546 g/mol. The van der Waals surface area contributed by atoms with Gasteiger partial charge in [0.25, 0.3) is 0 Å². The van der Waals surface area contributed by atoms with Crippen LogP contribution in [0.15, 0.2) is 38.4 Å². The van der Waals surface area contributed by atoms with Gasteiger partial charge in [0, 0.05) is 17.9 Å². The fourth-order valence-corrected chi connectivity index (χ4v) is 5.86. The second kappa shape index (κ2) is 9.58. The number of ether oxygens (including phenoxy) is 1. The summed E-state index contributed by atoms with van der Waals surface area (Å²) in [6.45, 7) is 4.63. The van der Waals surface area contributed by atoms with Crippen LogP contribution in [0.4, 0.5) is 17.6 Å². The van der Waals surface area contributed by atoms with Crippen LogP contribution < -0.4 is 15.2 Å². The van der Waals surface area contributed by atoms with Crippen molar-refractivity contribution >= 4 is 10.0 Å². The van der Waals surface area contributed by atoms with Gasteiger partial charge in [0.15, 0.2) is 0 Å². The third kappa shape index (κ3) is 5.00. The van der Waals surface area contributed by atoms with Crippen LogP contribution in [0.5, 0.6) is 5.75 Å². The van der Waals surface area contributed by atoms with Crippen molar-refractivity contribution < 1.29 is 40.2 Å². The Kier molecular flexibility index (Phi) is 6.94. The lowest BCUT2D eigenvalue weighted by molar-refractivity contribution is -0.139.